The highest BCUT2D eigenvalue weighted by atomic mass is 28.3. The van der Waals surface area contributed by atoms with Crippen LogP contribution >= 0.6 is 0 Å². The molecule has 124 valence electrons. The van der Waals surface area contributed by atoms with Gasteiger partial charge in [0.25, 0.3) is 0 Å². The lowest BCUT2D eigenvalue weighted by atomic mass is 10.00. The zero-order valence-corrected chi connectivity index (χ0v) is 16.3. The Bertz CT molecular complexity index is 336. The SMILES string of the molecule is CCCC(C)=NC(CC(C)=C(CC)CCC)[SiH](OC)OC. The van der Waals surface area contributed by atoms with Gasteiger partial charge in [0, 0.05) is 19.9 Å². The molecule has 0 saturated carbocycles. The van der Waals surface area contributed by atoms with E-state index in [1.54, 1.807) is 19.8 Å². The van der Waals surface area contributed by atoms with Crippen molar-refractivity contribution in [2.45, 2.75) is 78.8 Å². The predicted octanol–water partition coefficient (Wildman–Crippen LogP) is 4.59. The minimum absolute atomic E-state index is 0.185. The zero-order valence-electron chi connectivity index (χ0n) is 15.2. The number of aliphatic imine (C=N–C) groups is 1. The van der Waals surface area contributed by atoms with Crippen molar-refractivity contribution < 1.29 is 8.85 Å². The average molecular weight is 314 g/mol. The van der Waals surface area contributed by atoms with Crippen LogP contribution in [0.1, 0.15) is 73.1 Å². The summed E-state index contributed by atoms with van der Waals surface area (Å²) in [5.74, 6) is 0. The smallest absolute Gasteiger partial charge is 0.346 e. The molecule has 0 bridgehead atoms. The van der Waals surface area contributed by atoms with Crippen molar-refractivity contribution in [1.29, 1.82) is 0 Å². The van der Waals surface area contributed by atoms with Gasteiger partial charge in [-0.3, -0.25) is 4.99 Å². The molecule has 0 N–H and O–H groups in total. The number of hydrogen-bond donors (Lipinski definition) is 0. The summed E-state index contributed by atoms with van der Waals surface area (Å²) >= 11 is 0. The van der Waals surface area contributed by atoms with E-state index in [-0.39, 0.29) is 5.67 Å². The van der Waals surface area contributed by atoms with Gasteiger partial charge in [-0.2, -0.15) is 0 Å². The molecule has 4 heteroatoms. The Morgan fingerprint density at radius 2 is 1.57 bits per heavy atom. The normalized spacial score (nSPS) is 15.3. The minimum Gasteiger partial charge on any atom is -0.399 e. The van der Waals surface area contributed by atoms with Gasteiger partial charge in [-0.1, -0.05) is 44.8 Å². The van der Waals surface area contributed by atoms with Crippen LogP contribution in [-0.4, -0.2) is 34.9 Å². The van der Waals surface area contributed by atoms with E-state index in [0.717, 1.165) is 25.7 Å². The molecule has 1 unspecified atom stereocenters. The molecule has 0 radical (unpaired) electrons. The Kier molecular flexibility index (Phi) is 11.9. The first-order chi connectivity index (χ1) is 10.0. The Labute approximate surface area is 133 Å². The van der Waals surface area contributed by atoms with Gasteiger partial charge < -0.3 is 8.85 Å². The summed E-state index contributed by atoms with van der Waals surface area (Å²) in [6, 6.07) is 0. The molecule has 0 aromatic carbocycles. The molecule has 3 nitrogen and oxygen atoms in total. The van der Waals surface area contributed by atoms with Crippen LogP contribution in [0.5, 0.6) is 0 Å². The highest BCUT2D eigenvalue weighted by Gasteiger charge is 2.25. The summed E-state index contributed by atoms with van der Waals surface area (Å²) in [4.78, 5) is 4.92. The Hall–Kier alpha value is -0.453. The first-order valence-electron chi connectivity index (χ1n) is 8.30. The number of hydrogen-bond acceptors (Lipinski definition) is 3. The maximum atomic E-state index is 5.60. The average Bonchev–Trinajstić information content (AvgIpc) is 2.45. The van der Waals surface area contributed by atoms with E-state index in [0.29, 0.717) is 0 Å². The molecule has 0 aliphatic carbocycles. The Morgan fingerprint density at radius 1 is 1.00 bits per heavy atom. The van der Waals surface area contributed by atoms with Crippen LogP contribution in [0.4, 0.5) is 0 Å². The van der Waals surface area contributed by atoms with Gasteiger partial charge in [0.1, 0.15) is 0 Å². The van der Waals surface area contributed by atoms with Crippen LogP contribution in [0, 0.1) is 0 Å². The number of rotatable bonds is 11. The van der Waals surface area contributed by atoms with Crippen molar-refractivity contribution in [3.63, 3.8) is 0 Å². The Morgan fingerprint density at radius 3 is 2.00 bits per heavy atom. The molecule has 0 fully saturated rings. The summed E-state index contributed by atoms with van der Waals surface area (Å²) in [7, 11) is 1.77. The molecule has 0 spiro atoms. The summed E-state index contributed by atoms with van der Waals surface area (Å²) in [6.45, 7) is 11.1. The van der Waals surface area contributed by atoms with Crippen molar-refractivity contribution in [1.82, 2.24) is 0 Å². The zero-order chi connectivity index (χ0) is 16.3. The van der Waals surface area contributed by atoms with Crippen LogP contribution < -0.4 is 0 Å². The molecular weight excluding hydrogens is 278 g/mol. The fraction of sp³-hybridized carbons (Fsp3) is 0.824. The molecule has 0 amide bonds. The number of nitrogens with zero attached hydrogens (tertiary/aromatic N) is 1. The molecule has 0 aliphatic heterocycles. The summed E-state index contributed by atoms with van der Waals surface area (Å²) < 4.78 is 11.2. The lowest BCUT2D eigenvalue weighted by Gasteiger charge is -2.22. The monoisotopic (exact) mass is 313 g/mol. The third-order valence-electron chi connectivity index (χ3n) is 3.87. The predicted molar refractivity (Wildman–Crippen MR) is 95.5 cm³/mol. The fourth-order valence-corrected chi connectivity index (χ4v) is 4.52. The van der Waals surface area contributed by atoms with Crippen molar-refractivity contribution in [2.75, 3.05) is 14.2 Å². The van der Waals surface area contributed by atoms with Gasteiger partial charge in [-0.15, -0.1) is 0 Å². The van der Waals surface area contributed by atoms with Crippen LogP contribution in [0.25, 0.3) is 0 Å². The van der Waals surface area contributed by atoms with Crippen LogP contribution in [0.2, 0.25) is 0 Å². The molecule has 1 atom stereocenters. The van der Waals surface area contributed by atoms with Crippen LogP contribution in [0.15, 0.2) is 16.1 Å². The molecule has 0 aliphatic rings. The topological polar surface area (TPSA) is 30.8 Å². The second kappa shape index (κ2) is 12.1. The third kappa shape index (κ3) is 7.93. The quantitative estimate of drug-likeness (QED) is 0.317. The maximum absolute atomic E-state index is 5.60. The van der Waals surface area contributed by atoms with Gasteiger partial charge in [-0.25, -0.2) is 0 Å². The highest BCUT2D eigenvalue weighted by Crippen LogP contribution is 2.21. The third-order valence-corrected chi connectivity index (χ3v) is 5.82. The van der Waals surface area contributed by atoms with E-state index < -0.39 is 9.28 Å². The van der Waals surface area contributed by atoms with Crippen molar-refractivity contribution in [2.24, 2.45) is 4.99 Å². The molecule has 0 aromatic heterocycles. The van der Waals surface area contributed by atoms with Crippen molar-refractivity contribution >= 4 is 15.0 Å². The largest absolute Gasteiger partial charge is 0.399 e. The summed E-state index contributed by atoms with van der Waals surface area (Å²) in [6.07, 6.45) is 6.71. The molecule has 0 saturated heterocycles. The molecule has 0 aromatic rings. The second-order valence-electron chi connectivity index (χ2n) is 5.71. The van der Waals surface area contributed by atoms with E-state index >= 15 is 0 Å². The van der Waals surface area contributed by atoms with Crippen molar-refractivity contribution in [3.8, 4) is 0 Å². The van der Waals surface area contributed by atoms with E-state index in [1.807, 2.05) is 0 Å². The molecular formula is C17H35NO2Si. The highest BCUT2D eigenvalue weighted by molar-refractivity contribution is 6.46. The van der Waals surface area contributed by atoms with Gasteiger partial charge in [0.15, 0.2) is 0 Å². The van der Waals surface area contributed by atoms with Crippen molar-refractivity contribution in [3.05, 3.63) is 11.1 Å². The molecule has 0 rings (SSSR count). The first-order valence-corrected chi connectivity index (χ1v) is 9.91. The summed E-state index contributed by atoms with van der Waals surface area (Å²) in [5.41, 5.74) is 4.45. The van der Waals surface area contributed by atoms with Crippen LogP contribution in [0.3, 0.4) is 0 Å². The van der Waals surface area contributed by atoms with E-state index in [2.05, 4.69) is 34.6 Å². The molecule has 21 heavy (non-hydrogen) atoms. The summed E-state index contributed by atoms with van der Waals surface area (Å²) in [5, 5.41) is 0. The second-order valence-corrected chi connectivity index (χ2v) is 8.16. The molecule has 0 heterocycles. The van der Waals surface area contributed by atoms with Gasteiger partial charge in [0.05, 0.1) is 5.67 Å². The maximum Gasteiger partial charge on any atom is 0.346 e. The van der Waals surface area contributed by atoms with Gasteiger partial charge in [-0.05, 0) is 39.5 Å². The standard InChI is InChI=1S/C17H35NO2Si/c1-8-11-15(5)18-17(21(19-6)20-7)13-14(4)16(10-3)12-9-2/h17,21H,8-13H2,1-7H3. The number of allylic oxidation sites excluding steroid dienone is 1. The first kappa shape index (κ1) is 20.5. The fourth-order valence-electron chi connectivity index (χ4n) is 2.77. The lowest BCUT2D eigenvalue weighted by Crippen LogP contribution is -2.35. The van der Waals surface area contributed by atoms with E-state index in [9.17, 15) is 0 Å². The van der Waals surface area contributed by atoms with E-state index in [1.165, 1.54) is 24.1 Å². The van der Waals surface area contributed by atoms with Gasteiger partial charge >= 0.3 is 9.28 Å². The minimum atomic E-state index is -1.74. The van der Waals surface area contributed by atoms with Crippen LogP contribution in [-0.2, 0) is 8.85 Å². The van der Waals surface area contributed by atoms with E-state index in [4.69, 9.17) is 13.8 Å². The lowest BCUT2D eigenvalue weighted by molar-refractivity contribution is 0.266. The Balaban J connectivity index is 5.17. The van der Waals surface area contributed by atoms with Gasteiger partial charge in [0.2, 0.25) is 0 Å².